The number of nitrogens with one attached hydrogen (secondary N) is 1. The van der Waals surface area contributed by atoms with Crippen molar-refractivity contribution in [2.24, 2.45) is 0 Å². The monoisotopic (exact) mass is 317 g/mol. The molecule has 0 heterocycles. The molecule has 0 aliphatic rings. The van der Waals surface area contributed by atoms with Gasteiger partial charge in [0.15, 0.2) is 0 Å². The van der Waals surface area contributed by atoms with Crippen molar-refractivity contribution in [3.63, 3.8) is 0 Å². The Morgan fingerprint density at radius 1 is 1.50 bits per heavy atom. The van der Waals surface area contributed by atoms with Gasteiger partial charge in [0.25, 0.3) is 5.91 Å². The van der Waals surface area contributed by atoms with Crippen molar-refractivity contribution in [1.82, 2.24) is 5.32 Å². The van der Waals surface area contributed by atoms with E-state index in [0.29, 0.717) is 4.47 Å². The summed E-state index contributed by atoms with van der Waals surface area (Å²) in [5.74, 6) is -2.32. The molecule has 0 aromatic heterocycles. The minimum Gasteiger partial charge on any atom is -0.480 e. The molecule has 0 spiro atoms. The molecule has 0 radical (unpaired) electrons. The van der Waals surface area contributed by atoms with Crippen LogP contribution in [0.15, 0.2) is 22.7 Å². The number of carboxylic acids is 1. The fourth-order valence-corrected chi connectivity index (χ4v) is 1.71. The van der Waals surface area contributed by atoms with Crippen LogP contribution in [0, 0.1) is 5.82 Å². The van der Waals surface area contributed by atoms with Crippen LogP contribution < -0.4 is 5.32 Å². The van der Waals surface area contributed by atoms with Gasteiger partial charge in [0.2, 0.25) is 0 Å². The predicted molar refractivity (Wildman–Crippen MR) is 67.9 cm³/mol. The van der Waals surface area contributed by atoms with Crippen molar-refractivity contribution in [1.29, 1.82) is 0 Å². The number of amides is 1. The first kappa shape index (κ1) is 14.6. The van der Waals surface area contributed by atoms with Gasteiger partial charge in [0.1, 0.15) is 11.4 Å². The minimum atomic E-state index is -1.37. The van der Waals surface area contributed by atoms with Gasteiger partial charge >= 0.3 is 5.97 Å². The first-order valence-electron chi connectivity index (χ1n) is 5.31. The van der Waals surface area contributed by atoms with E-state index in [1.165, 1.54) is 19.1 Å². The number of hydrogen-bond donors (Lipinski definition) is 2. The Labute approximate surface area is 112 Å². The number of aliphatic carboxylic acids is 1. The number of carbonyl (C=O) groups is 2. The molecule has 0 fully saturated rings. The van der Waals surface area contributed by atoms with Crippen LogP contribution >= 0.6 is 15.9 Å². The van der Waals surface area contributed by atoms with Crippen molar-refractivity contribution in [3.05, 3.63) is 34.1 Å². The average molecular weight is 318 g/mol. The second-order valence-electron chi connectivity index (χ2n) is 4.07. The maximum Gasteiger partial charge on any atom is 0.329 e. The predicted octanol–water partition coefficient (Wildman–Crippen LogP) is 2.57. The molecule has 1 aromatic rings. The van der Waals surface area contributed by atoms with E-state index in [4.69, 9.17) is 5.11 Å². The topological polar surface area (TPSA) is 66.4 Å². The number of hydrogen-bond acceptors (Lipinski definition) is 2. The van der Waals surface area contributed by atoms with Crippen LogP contribution in [0.3, 0.4) is 0 Å². The molecule has 4 nitrogen and oxygen atoms in total. The van der Waals surface area contributed by atoms with Crippen molar-refractivity contribution in [3.8, 4) is 0 Å². The third kappa shape index (κ3) is 3.07. The Balaban J connectivity index is 3.02. The van der Waals surface area contributed by atoms with Crippen LogP contribution in [0.5, 0.6) is 0 Å². The molecule has 98 valence electrons. The summed E-state index contributed by atoms with van der Waals surface area (Å²) in [7, 11) is 0. The Bertz CT molecular complexity index is 492. The van der Waals surface area contributed by atoms with Crippen molar-refractivity contribution in [2.75, 3.05) is 0 Å². The van der Waals surface area contributed by atoms with Crippen molar-refractivity contribution in [2.45, 2.75) is 25.8 Å². The van der Waals surface area contributed by atoms with Gasteiger partial charge in [-0.05, 0) is 47.5 Å². The Morgan fingerprint density at radius 3 is 2.61 bits per heavy atom. The van der Waals surface area contributed by atoms with Gasteiger partial charge in [-0.25, -0.2) is 9.18 Å². The summed E-state index contributed by atoms with van der Waals surface area (Å²) in [5.41, 5.74) is -1.31. The SMILES string of the molecule is CCC(C)(NC(=O)c1cc(F)ccc1Br)C(=O)O. The van der Waals surface area contributed by atoms with E-state index in [9.17, 15) is 14.0 Å². The highest BCUT2D eigenvalue weighted by atomic mass is 79.9. The highest BCUT2D eigenvalue weighted by Crippen LogP contribution is 2.19. The Morgan fingerprint density at radius 2 is 2.11 bits per heavy atom. The molecule has 18 heavy (non-hydrogen) atoms. The molecular weight excluding hydrogens is 305 g/mol. The van der Waals surface area contributed by atoms with Gasteiger partial charge in [-0.2, -0.15) is 0 Å². The molecule has 1 unspecified atom stereocenters. The molecule has 6 heteroatoms. The quantitative estimate of drug-likeness (QED) is 0.897. The molecule has 0 saturated heterocycles. The summed E-state index contributed by atoms with van der Waals surface area (Å²) in [6, 6.07) is 3.66. The standard InChI is InChI=1S/C12H13BrFNO3/c1-3-12(2,11(17)18)15-10(16)8-6-7(14)4-5-9(8)13/h4-6H,3H2,1-2H3,(H,15,16)(H,17,18). The summed E-state index contributed by atoms with van der Waals surface area (Å²) < 4.78 is 13.5. The number of benzene rings is 1. The second-order valence-corrected chi connectivity index (χ2v) is 4.92. The number of carboxylic acid groups (broad SMARTS) is 1. The maximum atomic E-state index is 13.1. The number of halogens is 2. The largest absolute Gasteiger partial charge is 0.480 e. The summed E-state index contributed by atoms with van der Waals surface area (Å²) in [4.78, 5) is 23.0. The van der Waals surface area contributed by atoms with Crippen LogP contribution in [0.4, 0.5) is 4.39 Å². The average Bonchev–Trinajstić information content (AvgIpc) is 2.31. The van der Waals surface area contributed by atoms with Crippen molar-refractivity contribution < 1.29 is 19.1 Å². The normalized spacial score (nSPS) is 13.8. The molecular formula is C12H13BrFNO3. The zero-order valence-corrected chi connectivity index (χ0v) is 11.5. The van der Waals surface area contributed by atoms with E-state index in [1.54, 1.807) is 6.92 Å². The maximum absolute atomic E-state index is 13.1. The van der Waals surface area contributed by atoms with Crippen LogP contribution in [-0.4, -0.2) is 22.5 Å². The van der Waals surface area contributed by atoms with Crippen molar-refractivity contribution >= 4 is 27.8 Å². The molecule has 2 N–H and O–H groups in total. The molecule has 1 aromatic carbocycles. The third-order valence-corrected chi connectivity index (χ3v) is 3.43. The van der Waals surface area contributed by atoms with Crippen LogP contribution in [-0.2, 0) is 4.79 Å². The number of rotatable bonds is 4. The lowest BCUT2D eigenvalue weighted by Gasteiger charge is -2.24. The fraction of sp³-hybridized carbons (Fsp3) is 0.333. The van der Waals surface area contributed by atoms with Gasteiger partial charge < -0.3 is 10.4 Å². The molecule has 0 aliphatic carbocycles. The molecule has 1 atom stereocenters. The number of carbonyl (C=O) groups excluding carboxylic acids is 1. The van der Waals surface area contributed by atoms with E-state index in [0.717, 1.165) is 6.07 Å². The van der Waals surface area contributed by atoms with Gasteiger partial charge in [-0.3, -0.25) is 4.79 Å². The molecule has 0 saturated carbocycles. The summed E-state index contributed by atoms with van der Waals surface area (Å²) >= 11 is 3.12. The zero-order valence-electron chi connectivity index (χ0n) is 9.96. The Hall–Kier alpha value is -1.43. The lowest BCUT2D eigenvalue weighted by atomic mass is 9.98. The minimum absolute atomic E-state index is 0.0657. The van der Waals surface area contributed by atoms with E-state index in [-0.39, 0.29) is 12.0 Å². The lowest BCUT2D eigenvalue weighted by molar-refractivity contribution is -0.143. The van der Waals surface area contributed by atoms with Gasteiger partial charge in [-0.15, -0.1) is 0 Å². The third-order valence-electron chi connectivity index (χ3n) is 2.74. The fourth-order valence-electron chi connectivity index (χ4n) is 1.28. The van der Waals surface area contributed by atoms with E-state index >= 15 is 0 Å². The molecule has 0 bridgehead atoms. The summed E-state index contributed by atoms with van der Waals surface area (Å²) in [6.45, 7) is 3.05. The van der Waals surface area contributed by atoms with Gasteiger partial charge in [0, 0.05) is 4.47 Å². The molecule has 0 aliphatic heterocycles. The molecule has 1 rings (SSSR count). The summed E-state index contributed by atoms with van der Waals surface area (Å²) in [6.07, 6.45) is 0.223. The van der Waals surface area contributed by atoms with Crippen LogP contribution in [0.1, 0.15) is 30.6 Å². The highest BCUT2D eigenvalue weighted by Gasteiger charge is 2.33. The Kier molecular flexibility index (Phi) is 4.45. The zero-order chi connectivity index (χ0) is 13.9. The molecule has 1 amide bonds. The highest BCUT2D eigenvalue weighted by molar-refractivity contribution is 9.10. The van der Waals surface area contributed by atoms with E-state index in [1.807, 2.05) is 0 Å². The van der Waals surface area contributed by atoms with E-state index in [2.05, 4.69) is 21.2 Å². The first-order valence-corrected chi connectivity index (χ1v) is 6.10. The second kappa shape index (κ2) is 5.48. The first-order chi connectivity index (χ1) is 8.30. The van der Waals surface area contributed by atoms with Crippen LogP contribution in [0.25, 0.3) is 0 Å². The smallest absolute Gasteiger partial charge is 0.329 e. The van der Waals surface area contributed by atoms with Gasteiger partial charge in [0.05, 0.1) is 5.56 Å². The van der Waals surface area contributed by atoms with E-state index < -0.39 is 23.2 Å². The summed E-state index contributed by atoms with van der Waals surface area (Å²) in [5, 5.41) is 11.4. The lowest BCUT2D eigenvalue weighted by Crippen LogP contribution is -2.51. The van der Waals surface area contributed by atoms with Gasteiger partial charge in [-0.1, -0.05) is 6.92 Å². The van der Waals surface area contributed by atoms with Crippen LogP contribution in [0.2, 0.25) is 0 Å².